The van der Waals surface area contributed by atoms with Gasteiger partial charge in [0.15, 0.2) is 0 Å². The van der Waals surface area contributed by atoms with E-state index in [9.17, 15) is 9.59 Å². The molecule has 160 valence electrons. The lowest BCUT2D eigenvalue weighted by Crippen LogP contribution is -2.38. The highest BCUT2D eigenvalue weighted by atomic mass is 35.5. The summed E-state index contributed by atoms with van der Waals surface area (Å²) >= 11 is 6.00. The number of rotatable bonds is 3. The predicted molar refractivity (Wildman–Crippen MR) is 126 cm³/mol. The van der Waals surface area contributed by atoms with Crippen LogP contribution in [0, 0.1) is 0 Å². The van der Waals surface area contributed by atoms with Crippen molar-refractivity contribution in [2.45, 2.75) is 12.8 Å². The van der Waals surface area contributed by atoms with Crippen LogP contribution in [0.1, 0.15) is 12.8 Å². The summed E-state index contributed by atoms with van der Waals surface area (Å²) in [6.45, 7) is 1.35. The van der Waals surface area contributed by atoms with E-state index in [1.807, 2.05) is 42.5 Å². The van der Waals surface area contributed by atoms with E-state index < -0.39 is 0 Å². The number of pyridine rings is 1. The van der Waals surface area contributed by atoms with E-state index in [-0.39, 0.29) is 11.6 Å². The average molecular weight is 446 g/mol. The van der Waals surface area contributed by atoms with Crippen LogP contribution in [0.5, 0.6) is 0 Å². The molecule has 1 fully saturated rings. The largest absolute Gasteiger partial charge is 0.338 e. The Kier molecular flexibility index (Phi) is 5.33. The second kappa shape index (κ2) is 8.43. The molecule has 7 nitrogen and oxygen atoms in total. The fraction of sp³-hybridized carbons (Fsp3) is 0.167. The standard InChI is InChI=1S/C24H20ClN5O2/c25-17-9-12-21(27-15-17)30-22(28-20-6-2-1-5-19(20)23(30)31)16-7-10-18(11-8-16)29-14-4-3-13-26-24(29)32/h1-2,5-12,15H,3-4,13-14H2,(H,26,32). The molecule has 2 aromatic carbocycles. The van der Waals surface area contributed by atoms with Crippen molar-refractivity contribution in [2.75, 3.05) is 18.0 Å². The molecule has 1 aliphatic rings. The maximum absolute atomic E-state index is 13.4. The SMILES string of the molecule is O=C1NCCCCN1c1ccc(-c2nc3ccccc3c(=O)n2-c2ccc(Cl)cn2)cc1. The summed E-state index contributed by atoms with van der Waals surface area (Å²) < 4.78 is 1.49. The molecule has 1 aliphatic heterocycles. The van der Waals surface area contributed by atoms with Crippen molar-refractivity contribution in [3.05, 3.63) is 82.2 Å². The van der Waals surface area contributed by atoms with Crippen molar-refractivity contribution in [3.63, 3.8) is 0 Å². The number of hydrogen-bond acceptors (Lipinski definition) is 4. The van der Waals surface area contributed by atoms with Crippen LogP contribution in [-0.4, -0.2) is 33.7 Å². The number of benzene rings is 2. The quantitative estimate of drug-likeness (QED) is 0.506. The second-order valence-corrected chi connectivity index (χ2v) is 8.00. The summed E-state index contributed by atoms with van der Waals surface area (Å²) in [5.74, 6) is 0.902. The molecular weight excluding hydrogens is 426 g/mol. The molecule has 4 aromatic rings. The highest BCUT2D eigenvalue weighted by molar-refractivity contribution is 6.30. The highest BCUT2D eigenvalue weighted by Crippen LogP contribution is 2.25. The Hall–Kier alpha value is -3.71. The van der Waals surface area contributed by atoms with Crippen LogP contribution in [0.15, 0.2) is 71.7 Å². The molecule has 1 N–H and O–H groups in total. The number of fused-ring (bicyclic) bond motifs is 1. The summed E-state index contributed by atoms with van der Waals surface area (Å²) in [5.41, 5.74) is 1.93. The van der Waals surface area contributed by atoms with Crippen LogP contribution in [0.3, 0.4) is 0 Å². The summed E-state index contributed by atoms with van der Waals surface area (Å²) in [6, 6.07) is 18.0. The lowest BCUT2D eigenvalue weighted by atomic mass is 10.1. The number of carbonyl (C=O) groups is 1. The van der Waals surface area contributed by atoms with E-state index in [0.717, 1.165) is 24.1 Å². The smallest absolute Gasteiger partial charge is 0.321 e. The Balaban J connectivity index is 1.64. The number of hydrogen-bond donors (Lipinski definition) is 1. The van der Waals surface area contributed by atoms with E-state index in [0.29, 0.717) is 40.7 Å². The van der Waals surface area contributed by atoms with Crippen molar-refractivity contribution < 1.29 is 4.79 Å². The van der Waals surface area contributed by atoms with Crippen molar-refractivity contribution in [1.29, 1.82) is 0 Å². The van der Waals surface area contributed by atoms with Crippen molar-refractivity contribution in [1.82, 2.24) is 19.9 Å². The molecule has 0 radical (unpaired) electrons. The first-order valence-electron chi connectivity index (χ1n) is 10.4. The molecule has 2 amide bonds. The van der Waals surface area contributed by atoms with E-state index in [1.165, 1.54) is 10.8 Å². The van der Waals surface area contributed by atoms with Crippen LogP contribution < -0.4 is 15.8 Å². The van der Waals surface area contributed by atoms with Crippen LogP contribution in [0.4, 0.5) is 10.5 Å². The Labute approximate surface area is 189 Å². The zero-order valence-electron chi connectivity index (χ0n) is 17.2. The number of amides is 2. The molecule has 2 aromatic heterocycles. The average Bonchev–Trinajstić information content (AvgIpc) is 3.04. The third-order valence-corrected chi connectivity index (χ3v) is 5.71. The highest BCUT2D eigenvalue weighted by Gasteiger charge is 2.19. The van der Waals surface area contributed by atoms with Gasteiger partial charge in [-0.1, -0.05) is 23.7 Å². The summed E-state index contributed by atoms with van der Waals surface area (Å²) in [4.78, 5) is 36.6. The lowest BCUT2D eigenvalue weighted by Gasteiger charge is -2.21. The second-order valence-electron chi connectivity index (χ2n) is 7.57. The van der Waals surface area contributed by atoms with Crippen molar-refractivity contribution in [2.24, 2.45) is 0 Å². The van der Waals surface area contributed by atoms with Gasteiger partial charge in [-0.3, -0.25) is 9.69 Å². The topological polar surface area (TPSA) is 80.1 Å². The Morgan fingerprint density at radius 3 is 2.53 bits per heavy atom. The van der Waals surface area contributed by atoms with E-state index in [2.05, 4.69) is 10.3 Å². The fourth-order valence-electron chi connectivity index (χ4n) is 3.86. The van der Waals surface area contributed by atoms with E-state index in [4.69, 9.17) is 16.6 Å². The van der Waals surface area contributed by atoms with Gasteiger partial charge in [-0.05, 0) is 61.4 Å². The van der Waals surface area contributed by atoms with Gasteiger partial charge < -0.3 is 5.32 Å². The molecule has 0 aliphatic carbocycles. The van der Waals surface area contributed by atoms with Gasteiger partial charge in [0.2, 0.25) is 0 Å². The van der Waals surface area contributed by atoms with E-state index >= 15 is 0 Å². The fourth-order valence-corrected chi connectivity index (χ4v) is 3.97. The third kappa shape index (κ3) is 3.71. The molecule has 8 heteroatoms. The zero-order chi connectivity index (χ0) is 22.1. The molecule has 3 heterocycles. The Bertz CT molecular complexity index is 1350. The molecule has 0 atom stereocenters. The first kappa shape index (κ1) is 20.2. The van der Waals surface area contributed by atoms with Crippen LogP contribution in [0.25, 0.3) is 28.1 Å². The molecular formula is C24H20ClN5O2. The van der Waals surface area contributed by atoms with Gasteiger partial charge in [-0.15, -0.1) is 0 Å². The number of nitrogens with zero attached hydrogens (tertiary/aromatic N) is 4. The molecule has 0 spiro atoms. The van der Waals surface area contributed by atoms with Gasteiger partial charge in [0, 0.05) is 30.5 Å². The minimum Gasteiger partial charge on any atom is -0.338 e. The number of anilines is 1. The first-order valence-corrected chi connectivity index (χ1v) is 10.8. The maximum Gasteiger partial charge on any atom is 0.321 e. The molecule has 32 heavy (non-hydrogen) atoms. The predicted octanol–water partition coefficient (Wildman–Crippen LogP) is 4.41. The number of para-hydroxylation sites is 1. The van der Waals surface area contributed by atoms with Crippen LogP contribution in [-0.2, 0) is 0 Å². The molecule has 1 saturated heterocycles. The molecule has 0 bridgehead atoms. The monoisotopic (exact) mass is 445 g/mol. The van der Waals surface area contributed by atoms with Crippen molar-refractivity contribution >= 4 is 34.2 Å². The van der Waals surface area contributed by atoms with Gasteiger partial charge in [0.05, 0.1) is 15.9 Å². The van der Waals surface area contributed by atoms with Gasteiger partial charge in [0.25, 0.3) is 5.56 Å². The third-order valence-electron chi connectivity index (χ3n) is 5.48. The molecule has 5 rings (SSSR count). The van der Waals surface area contributed by atoms with Crippen molar-refractivity contribution in [3.8, 4) is 17.2 Å². The van der Waals surface area contributed by atoms with Gasteiger partial charge in [-0.2, -0.15) is 0 Å². The summed E-state index contributed by atoms with van der Waals surface area (Å²) in [5, 5.41) is 3.90. The first-order chi connectivity index (χ1) is 15.6. The van der Waals surface area contributed by atoms with E-state index in [1.54, 1.807) is 23.1 Å². The summed E-state index contributed by atoms with van der Waals surface area (Å²) in [6.07, 6.45) is 3.40. The summed E-state index contributed by atoms with van der Waals surface area (Å²) in [7, 11) is 0. The Morgan fingerprint density at radius 2 is 1.75 bits per heavy atom. The molecule has 0 saturated carbocycles. The zero-order valence-corrected chi connectivity index (χ0v) is 17.9. The number of urea groups is 1. The molecule has 0 unspecified atom stereocenters. The number of carbonyl (C=O) groups excluding carboxylic acids is 1. The number of halogens is 1. The van der Waals surface area contributed by atoms with Gasteiger partial charge in [-0.25, -0.2) is 19.3 Å². The van der Waals surface area contributed by atoms with Gasteiger partial charge >= 0.3 is 6.03 Å². The Morgan fingerprint density at radius 1 is 0.938 bits per heavy atom. The number of aromatic nitrogens is 3. The number of nitrogens with one attached hydrogen (secondary N) is 1. The minimum atomic E-state index is -0.212. The minimum absolute atomic E-state index is 0.0960. The normalized spacial score (nSPS) is 14.3. The van der Waals surface area contributed by atoms with Crippen LogP contribution in [0.2, 0.25) is 5.02 Å². The van der Waals surface area contributed by atoms with Crippen LogP contribution >= 0.6 is 11.6 Å². The van der Waals surface area contributed by atoms with Gasteiger partial charge in [0.1, 0.15) is 11.6 Å². The maximum atomic E-state index is 13.4. The lowest BCUT2D eigenvalue weighted by molar-refractivity contribution is 0.248.